The van der Waals surface area contributed by atoms with Crippen molar-refractivity contribution in [1.29, 1.82) is 0 Å². The molecular formula is C23H33N5O5S. The molecule has 1 saturated carbocycles. The van der Waals surface area contributed by atoms with E-state index in [9.17, 15) is 13.5 Å². The molecule has 4 heterocycles. The van der Waals surface area contributed by atoms with Crippen LogP contribution in [0.3, 0.4) is 0 Å². The smallest absolute Gasteiger partial charge is 0.224 e. The number of aliphatic hydroxyl groups is 1. The lowest BCUT2D eigenvalue weighted by molar-refractivity contribution is 0.0244. The Kier molecular flexibility index (Phi) is 6.88. The first-order chi connectivity index (χ1) is 16.4. The predicted molar refractivity (Wildman–Crippen MR) is 127 cm³/mol. The summed E-state index contributed by atoms with van der Waals surface area (Å²) >= 11 is 0. The highest BCUT2D eigenvalue weighted by molar-refractivity contribution is 7.88. The van der Waals surface area contributed by atoms with E-state index in [2.05, 4.69) is 15.3 Å². The maximum Gasteiger partial charge on any atom is 0.224 e. The van der Waals surface area contributed by atoms with Crippen LogP contribution in [0.4, 0.5) is 5.95 Å². The number of rotatable bonds is 6. The summed E-state index contributed by atoms with van der Waals surface area (Å²) in [4.78, 5) is 14.1. The third-order valence-corrected chi connectivity index (χ3v) is 8.42. The zero-order valence-corrected chi connectivity index (χ0v) is 20.3. The molecule has 2 N–H and O–H groups in total. The van der Waals surface area contributed by atoms with Gasteiger partial charge >= 0.3 is 0 Å². The summed E-state index contributed by atoms with van der Waals surface area (Å²) in [5, 5.41) is 14.1. The number of aromatic nitrogens is 3. The Morgan fingerprint density at radius 3 is 2.56 bits per heavy atom. The largest absolute Gasteiger partial charge is 0.474 e. The van der Waals surface area contributed by atoms with Crippen LogP contribution in [0.25, 0.3) is 10.9 Å². The third kappa shape index (κ3) is 5.27. The number of hydrogen-bond donors (Lipinski definition) is 2. The number of hydrogen-bond acceptors (Lipinski definition) is 9. The van der Waals surface area contributed by atoms with Crippen molar-refractivity contribution in [2.75, 3.05) is 37.9 Å². The molecule has 11 heteroatoms. The van der Waals surface area contributed by atoms with E-state index in [0.29, 0.717) is 44.6 Å². The van der Waals surface area contributed by atoms with Gasteiger partial charge in [0.25, 0.3) is 0 Å². The highest BCUT2D eigenvalue weighted by atomic mass is 32.2. The first-order valence-corrected chi connectivity index (χ1v) is 14.0. The average molecular weight is 492 g/mol. The minimum absolute atomic E-state index is 0.0414. The van der Waals surface area contributed by atoms with Gasteiger partial charge in [-0.25, -0.2) is 27.7 Å². The number of nitrogens with one attached hydrogen (secondary N) is 1. The second kappa shape index (κ2) is 9.88. The summed E-state index contributed by atoms with van der Waals surface area (Å²) < 4.78 is 36.9. The summed E-state index contributed by atoms with van der Waals surface area (Å²) in [6.07, 6.45) is 10.4. The fourth-order valence-electron chi connectivity index (χ4n) is 5.15. The van der Waals surface area contributed by atoms with Gasteiger partial charge in [-0.1, -0.05) is 0 Å². The molecule has 2 aliphatic heterocycles. The van der Waals surface area contributed by atoms with E-state index < -0.39 is 10.0 Å². The Labute approximate surface area is 200 Å². The van der Waals surface area contributed by atoms with Crippen molar-refractivity contribution in [2.45, 2.75) is 69.1 Å². The van der Waals surface area contributed by atoms with Gasteiger partial charge in [-0.3, -0.25) is 0 Å². The summed E-state index contributed by atoms with van der Waals surface area (Å²) in [6.45, 7) is 2.26. The molecule has 186 valence electrons. The SMILES string of the molecule is CS(=O)(=O)N1CC[C@H](Nc2ncc3c(OC4CCOCC4)ncc([C@H]4CC[C@H](O)CC4)c3n2)C1. The molecule has 3 fully saturated rings. The topological polar surface area (TPSA) is 127 Å². The number of anilines is 1. The molecule has 0 amide bonds. The first-order valence-electron chi connectivity index (χ1n) is 12.2. The maximum atomic E-state index is 11.9. The van der Waals surface area contributed by atoms with Crippen LogP contribution in [0.5, 0.6) is 5.88 Å². The lowest BCUT2D eigenvalue weighted by Crippen LogP contribution is -2.31. The Hall–Kier alpha value is -2.08. The van der Waals surface area contributed by atoms with E-state index in [-0.39, 0.29) is 24.2 Å². The number of aliphatic hydroxyl groups excluding tert-OH is 1. The molecule has 0 bridgehead atoms. The molecule has 2 aromatic rings. The van der Waals surface area contributed by atoms with Gasteiger partial charge < -0.3 is 19.9 Å². The van der Waals surface area contributed by atoms with Gasteiger partial charge in [0.1, 0.15) is 6.10 Å². The van der Waals surface area contributed by atoms with Crippen LogP contribution in [-0.4, -0.2) is 83.6 Å². The highest BCUT2D eigenvalue weighted by Crippen LogP contribution is 2.38. The Balaban J connectivity index is 1.43. The van der Waals surface area contributed by atoms with Crippen LogP contribution in [-0.2, 0) is 14.8 Å². The van der Waals surface area contributed by atoms with Gasteiger partial charge in [0.05, 0.1) is 36.5 Å². The monoisotopic (exact) mass is 491 g/mol. The molecule has 3 aliphatic rings. The van der Waals surface area contributed by atoms with Gasteiger partial charge in [-0.2, -0.15) is 0 Å². The number of nitrogens with zero attached hydrogens (tertiary/aromatic N) is 4. The zero-order valence-electron chi connectivity index (χ0n) is 19.5. The molecule has 1 aliphatic carbocycles. The quantitative estimate of drug-likeness (QED) is 0.624. The van der Waals surface area contributed by atoms with Gasteiger partial charge in [0, 0.05) is 49.9 Å². The van der Waals surface area contributed by atoms with Crippen molar-refractivity contribution in [2.24, 2.45) is 0 Å². The van der Waals surface area contributed by atoms with Crippen LogP contribution in [0.2, 0.25) is 0 Å². The molecule has 10 nitrogen and oxygen atoms in total. The molecule has 1 atom stereocenters. The minimum Gasteiger partial charge on any atom is -0.474 e. The Bertz CT molecular complexity index is 1120. The molecule has 0 unspecified atom stereocenters. The number of sulfonamides is 1. The fraction of sp³-hybridized carbons (Fsp3) is 0.696. The molecule has 0 radical (unpaired) electrons. The molecule has 0 spiro atoms. The molecule has 34 heavy (non-hydrogen) atoms. The summed E-state index contributed by atoms with van der Waals surface area (Å²) in [5.41, 5.74) is 1.87. The molecule has 2 aromatic heterocycles. The van der Waals surface area contributed by atoms with Crippen LogP contribution < -0.4 is 10.1 Å². The number of pyridine rings is 1. The van der Waals surface area contributed by atoms with Crippen LogP contribution in [0.1, 0.15) is 56.4 Å². The second-order valence-electron chi connectivity index (χ2n) is 9.66. The summed E-state index contributed by atoms with van der Waals surface area (Å²) in [7, 11) is -3.21. The fourth-order valence-corrected chi connectivity index (χ4v) is 6.04. The highest BCUT2D eigenvalue weighted by Gasteiger charge is 2.30. The normalized spacial score (nSPS) is 27.2. The standard InChI is InChI=1S/C23H33N5O5S/c1-34(30,31)28-9-6-16(14-28)26-23-25-13-20-21(27-23)19(15-2-4-17(29)5-3-15)12-24-22(20)33-18-7-10-32-11-8-18/h12-13,15-18,29H,2-11,14H2,1H3,(H,25,26,27)/t15-,16-,17-/m0/s1. The van der Waals surface area contributed by atoms with E-state index in [1.807, 2.05) is 6.20 Å². The van der Waals surface area contributed by atoms with Crippen molar-refractivity contribution >= 4 is 26.9 Å². The Morgan fingerprint density at radius 1 is 1.09 bits per heavy atom. The number of fused-ring (bicyclic) bond motifs is 1. The van der Waals surface area contributed by atoms with E-state index in [4.69, 9.17) is 14.5 Å². The van der Waals surface area contributed by atoms with Gasteiger partial charge in [0.2, 0.25) is 21.9 Å². The third-order valence-electron chi connectivity index (χ3n) is 7.15. The van der Waals surface area contributed by atoms with E-state index >= 15 is 0 Å². The van der Waals surface area contributed by atoms with Gasteiger partial charge in [-0.15, -0.1) is 0 Å². The van der Waals surface area contributed by atoms with Crippen LogP contribution in [0.15, 0.2) is 12.4 Å². The van der Waals surface area contributed by atoms with E-state index in [1.54, 1.807) is 6.20 Å². The summed E-state index contributed by atoms with van der Waals surface area (Å²) in [5.74, 6) is 1.29. The maximum absolute atomic E-state index is 11.9. The molecule has 5 rings (SSSR count). The minimum atomic E-state index is -3.21. The van der Waals surface area contributed by atoms with Crippen LogP contribution in [0, 0.1) is 0 Å². The van der Waals surface area contributed by atoms with Crippen molar-refractivity contribution < 1.29 is 23.0 Å². The van der Waals surface area contributed by atoms with E-state index in [0.717, 1.165) is 55.0 Å². The van der Waals surface area contributed by atoms with Crippen LogP contribution >= 0.6 is 0 Å². The van der Waals surface area contributed by atoms with Gasteiger partial charge in [-0.05, 0) is 38.0 Å². The molecule has 2 saturated heterocycles. The summed E-state index contributed by atoms with van der Waals surface area (Å²) in [6, 6.07) is -0.0414. The lowest BCUT2D eigenvalue weighted by atomic mass is 9.83. The Morgan fingerprint density at radius 2 is 1.85 bits per heavy atom. The molecular weight excluding hydrogens is 458 g/mol. The molecule has 0 aromatic carbocycles. The second-order valence-corrected chi connectivity index (χ2v) is 11.6. The predicted octanol–water partition coefficient (Wildman–Crippen LogP) is 2.05. The van der Waals surface area contributed by atoms with Crippen molar-refractivity contribution in [3.63, 3.8) is 0 Å². The zero-order chi connectivity index (χ0) is 23.7. The van der Waals surface area contributed by atoms with Gasteiger partial charge in [0.15, 0.2) is 0 Å². The van der Waals surface area contributed by atoms with Crippen molar-refractivity contribution in [1.82, 2.24) is 19.3 Å². The number of ether oxygens (including phenoxy) is 2. The van der Waals surface area contributed by atoms with Crippen molar-refractivity contribution in [3.8, 4) is 5.88 Å². The first kappa shape index (κ1) is 23.7. The average Bonchev–Trinajstić information content (AvgIpc) is 3.30. The van der Waals surface area contributed by atoms with Crippen molar-refractivity contribution in [3.05, 3.63) is 18.0 Å². The van der Waals surface area contributed by atoms with E-state index in [1.165, 1.54) is 10.6 Å². The lowest BCUT2D eigenvalue weighted by Gasteiger charge is -2.27.